The number of amides is 1. The molecule has 5 N–H and O–H groups in total. The van der Waals surface area contributed by atoms with Crippen molar-refractivity contribution < 1.29 is 15.0 Å². The molecule has 6 aromatic rings. The van der Waals surface area contributed by atoms with Crippen LogP contribution in [-0.4, -0.2) is 74.3 Å². The van der Waals surface area contributed by atoms with Gasteiger partial charge in [0, 0.05) is 55.0 Å². The van der Waals surface area contributed by atoms with Crippen LogP contribution in [0, 0.1) is 19.8 Å². The maximum atomic E-state index is 12.1. The Kier molecular flexibility index (Phi) is 9.26. The molecular weight excluding hydrogens is 665 g/mol. The molecule has 1 saturated carbocycles. The molecule has 2 aromatic heterocycles. The van der Waals surface area contributed by atoms with Crippen molar-refractivity contribution in [1.82, 2.24) is 25.3 Å². The monoisotopic (exact) mass is 708 g/mol. The van der Waals surface area contributed by atoms with Gasteiger partial charge in [-0.1, -0.05) is 36.4 Å². The minimum Gasteiger partial charge on any atom is -0.507 e. The lowest BCUT2D eigenvalue weighted by Crippen LogP contribution is -2.38. The van der Waals surface area contributed by atoms with Crippen LogP contribution in [0.1, 0.15) is 36.8 Å². The fourth-order valence-corrected chi connectivity index (χ4v) is 7.21. The minimum atomic E-state index is 0.146. The van der Waals surface area contributed by atoms with Crippen LogP contribution in [0.15, 0.2) is 84.9 Å². The van der Waals surface area contributed by atoms with Gasteiger partial charge in [0.1, 0.15) is 23.1 Å². The molecule has 9 rings (SSSR count). The summed E-state index contributed by atoms with van der Waals surface area (Å²) in [5, 5.41) is 25.7. The first-order valence-corrected chi connectivity index (χ1v) is 18.4. The van der Waals surface area contributed by atoms with Gasteiger partial charge in [0.25, 0.3) is 0 Å². The van der Waals surface area contributed by atoms with Crippen LogP contribution in [0.25, 0.3) is 44.6 Å². The number of fused-ring (bicyclic) bond motifs is 2. The van der Waals surface area contributed by atoms with Gasteiger partial charge in [-0.25, -0.2) is 19.9 Å². The Morgan fingerprint density at radius 1 is 0.679 bits per heavy atom. The third-order valence-corrected chi connectivity index (χ3v) is 10.3. The highest BCUT2D eigenvalue weighted by atomic mass is 16.3. The molecule has 2 saturated heterocycles. The number of phenolic OH excluding ortho intramolecular Hbond substituents is 2. The molecule has 0 bridgehead atoms. The number of nitrogens with zero attached hydrogens (tertiary/aromatic N) is 6. The molecule has 53 heavy (non-hydrogen) atoms. The van der Waals surface area contributed by atoms with Crippen LogP contribution < -0.4 is 20.9 Å². The van der Waals surface area contributed by atoms with E-state index in [1.54, 1.807) is 24.3 Å². The standard InChI is InChI=1S/C23H24N4O2.C19H20N4O/c1-14-6-9-17-19(12-14)25-21(18-4-2-3-5-20(18)28)26-22(17)27-11-10-16(13-27)24-23(29)15-7-8-15;1-12-6-7-14-16(10-12)21-18(15-4-2-3-5-17(15)24)22-19(14)23-9-8-13(20)11-23/h2-6,9,12,15-16,28H,7-8,10-11,13H2,1H3,(H,24,29);2-7,10,13,24H,8-9,11,20H2,1H3/t;13-/m.1/s1. The third kappa shape index (κ3) is 7.30. The lowest BCUT2D eigenvalue weighted by atomic mass is 10.1. The highest BCUT2D eigenvalue weighted by Crippen LogP contribution is 2.35. The number of anilines is 2. The number of aryl methyl sites for hydroxylation is 2. The summed E-state index contributed by atoms with van der Waals surface area (Å²) in [5.74, 6) is 3.58. The van der Waals surface area contributed by atoms with Gasteiger partial charge < -0.3 is 31.1 Å². The molecule has 3 aliphatic rings. The molecule has 1 aliphatic carbocycles. The van der Waals surface area contributed by atoms with E-state index in [-0.39, 0.29) is 35.4 Å². The van der Waals surface area contributed by atoms with Crippen molar-refractivity contribution in [2.45, 2.75) is 51.6 Å². The van der Waals surface area contributed by atoms with Crippen LogP contribution in [0.5, 0.6) is 11.5 Å². The molecule has 270 valence electrons. The number of hydrogen-bond acceptors (Lipinski definition) is 10. The fourth-order valence-electron chi connectivity index (χ4n) is 7.21. The number of nitrogens with two attached hydrogens (primary N) is 1. The predicted molar refractivity (Wildman–Crippen MR) is 209 cm³/mol. The Balaban J connectivity index is 0.000000154. The molecular formula is C42H44N8O3. The number of carbonyl (C=O) groups excluding carboxylic acids is 1. The summed E-state index contributed by atoms with van der Waals surface area (Å²) >= 11 is 0. The van der Waals surface area contributed by atoms with E-state index >= 15 is 0 Å². The van der Waals surface area contributed by atoms with Gasteiger partial charge in [-0.2, -0.15) is 0 Å². The van der Waals surface area contributed by atoms with Crippen LogP contribution >= 0.6 is 0 Å². The second kappa shape index (κ2) is 14.3. The molecule has 3 fully saturated rings. The second-order valence-electron chi connectivity index (χ2n) is 14.5. The normalized spacial score (nSPS) is 18.3. The summed E-state index contributed by atoms with van der Waals surface area (Å²) in [7, 11) is 0. The van der Waals surface area contributed by atoms with E-state index in [4.69, 9.17) is 20.7 Å². The molecule has 4 heterocycles. The summed E-state index contributed by atoms with van der Waals surface area (Å²) < 4.78 is 0. The number of aromatic nitrogens is 4. The van der Waals surface area contributed by atoms with E-state index in [2.05, 4.69) is 50.4 Å². The molecule has 11 heteroatoms. The van der Waals surface area contributed by atoms with Gasteiger partial charge in [-0.05, 0) is 99.2 Å². The average molecular weight is 709 g/mol. The zero-order valence-corrected chi connectivity index (χ0v) is 30.0. The first-order chi connectivity index (χ1) is 25.7. The molecule has 0 radical (unpaired) electrons. The Morgan fingerprint density at radius 3 is 1.68 bits per heavy atom. The van der Waals surface area contributed by atoms with Crippen LogP contribution in [-0.2, 0) is 4.79 Å². The quantitative estimate of drug-likeness (QED) is 0.156. The summed E-state index contributed by atoms with van der Waals surface area (Å²) in [5.41, 5.74) is 11.4. The second-order valence-corrected chi connectivity index (χ2v) is 14.5. The number of hydrogen-bond donors (Lipinski definition) is 4. The predicted octanol–water partition coefficient (Wildman–Crippen LogP) is 6.26. The number of carbonyl (C=O) groups is 1. The summed E-state index contributed by atoms with van der Waals surface area (Å²) in [6, 6.07) is 27.0. The first-order valence-electron chi connectivity index (χ1n) is 18.4. The van der Waals surface area contributed by atoms with Crippen molar-refractivity contribution in [1.29, 1.82) is 0 Å². The van der Waals surface area contributed by atoms with Crippen LogP contribution in [0.3, 0.4) is 0 Å². The van der Waals surface area contributed by atoms with Crippen LogP contribution in [0.2, 0.25) is 0 Å². The Bertz CT molecular complexity index is 2330. The summed E-state index contributed by atoms with van der Waals surface area (Å²) in [4.78, 5) is 35.6. The van der Waals surface area contributed by atoms with Gasteiger partial charge in [-0.3, -0.25) is 4.79 Å². The Morgan fingerprint density at radius 2 is 1.19 bits per heavy atom. The van der Waals surface area contributed by atoms with E-state index in [0.29, 0.717) is 22.8 Å². The van der Waals surface area contributed by atoms with E-state index in [9.17, 15) is 15.0 Å². The van der Waals surface area contributed by atoms with Gasteiger partial charge in [0.2, 0.25) is 5.91 Å². The van der Waals surface area contributed by atoms with Gasteiger partial charge in [0.15, 0.2) is 11.6 Å². The highest BCUT2D eigenvalue weighted by Gasteiger charge is 2.33. The molecule has 2 aliphatic heterocycles. The molecule has 0 spiro atoms. The third-order valence-electron chi connectivity index (χ3n) is 10.3. The van der Waals surface area contributed by atoms with Crippen molar-refractivity contribution in [2.24, 2.45) is 11.7 Å². The van der Waals surface area contributed by atoms with E-state index in [0.717, 1.165) is 96.4 Å². The number of para-hydroxylation sites is 2. The summed E-state index contributed by atoms with van der Waals surface area (Å²) in [6.07, 6.45) is 3.90. The zero-order chi connectivity index (χ0) is 36.6. The van der Waals surface area contributed by atoms with Crippen molar-refractivity contribution in [2.75, 3.05) is 36.0 Å². The molecule has 1 unspecified atom stereocenters. The summed E-state index contributed by atoms with van der Waals surface area (Å²) in [6.45, 7) is 7.34. The van der Waals surface area contributed by atoms with Gasteiger partial charge >= 0.3 is 0 Å². The number of nitrogens with one attached hydrogen (secondary N) is 1. The number of rotatable bonds is 6. The molecule has 11 nitrogen and oxygen atoms in total. The lowest BCUT2D eigenvalue weighted by Gasteiger charge is -2.21. The largest absolute Gasteiger partial charge is 0.507 e. The average Bonchev–Trinajstić information content (AvgIpc) is 3.76. The zero-order valence-electron chi connectivity index (χ0n) is 30.0. The van der Waals surface area contributed by atoms with E-state index in [1.165, 1.54) is 0 Å². The molecule has 1 amide bonds. The van der Waals surface area contributed by atoms with Gasteiger partial charge in [0.05, 0.1) is 22.2 Å². The van der Waals surface area contributed by atoms with Crippen molar-refractivity contribution in [3.63, 3.8) is 0 Å². The van der Waals surface area contributed by atoms with E-state index in [1.807, 2.05) is 44.2 Å². The number of phenols is 2. The molecule has 4 aromatic carbocycles. The SMILES string of the molecule is Cc1ccc2c(N3CCC(NC(=O)C4CC4)C3)nc(-c3ccccc3O)nc2c1.Cc1ccc2c(N3CC[C@@H](N)C3)nc(-c3ccccc3O)nc2c1. The Labute approximate surface area is 308 Å². The number of aromatic hydroxyl groups is 2. The van der Waals surface area contributed by atoms with Crippen molar-refractivity contribution in [3.8, 4) is 34.3 Å². The topological polar surface area (TPSA) is 154 Å². The Hall–Kier alpha value is -5.81. The lowest BCUT2D eigenvalue weighted by molar-refractivity contribution is -0.122. The maximum absolute atomic E-state index is 12.1. The fraction of sp³-hybridized carbons (Fsp3) is 0.310. The molecule has 2 atom stereocenters. The highest BCUT2D eigenvalue weighted by molar-refractivity contribution is 5.93. The smallest absolute Gasteiger partial charge is 0.223 e. The number of benzene rings is 4. The van der Waals surface area contributed by atoms with Gasteiger partial charge in [-0.15, -0.1) is 0 Å². The first kappa shape index (κ1) is 34.3. The van der Waals surface area contributed by atoms with Crippen LogP contribution in [0.4, 0.5) is 11.6 Å². The van der Waals surface area contributed by atoms with Crippen molar-refractivity contribution >= 4 is 39.3 Å². The maximum Gasteiger partial charge on any atom is 0.223 e. The van der Waals surface area contributed by atoms with Crippen molar-refractivity contribution in [3.05, 3.63) is 96.1 Å². The van der Waals surface area contributed by atoms with E-state index < -0.39 is 0 Å². The minimum absolute atomic E-state index is 0.146.